The Hall–Kier alpha value is -1.24. The second-order valence-corrected chi connectivity index (χ2v) is 2.96. The van der Waals surface area contributed by atoms with Gasteiger partial charge in [0, 0.05) is 20.3 Å². The third kappa shape index (κ3) is 2.13. The van der Waals surface area contributed by atoms with Gasteiger partial charge >= 0.3 is 5.97 Å². The van der Waals surface area contributed by atoms with Gasteiger partial charge in [-0.2, -0.15) is 0 Å². The van der Waals surface area contributed by atoms with Crippen molar-refractivity contribution >= 4 is 0 Å². The second kappa shape index (κ2) is 4.73. The van der Waals surface area contributed by atoms with Gasteiger partial charge in [-0.15, -0.1) is 0 Å². The molecule has 0 radical (unpaired) electrons. The molecule has 1 N–H and O–H groups in total. The Morgan fingerprint density at radius 1 is 1.12 bits per heavy atom. The average molecular weight is 234 g/mol. The summed E-state index contributed by atoms with van der Waals surface area (Å²) in [6, 6.07) is 1.50. The molecule has 16 heavy (non-hydrogen) atoms. The zero-order valence-electron chi connectivity index (χ0n) is 9.08. The van der Waals surface area contributed by atoms with Crippen LogP contribution >= 0.6 is 0 Å². The summed E-state index contributed by atoms with van der Waals surface area (Å²) in [6.07, 6.45) is 0. The number of halogens is 2. The summed E-state index contributed by atoms with van der Waals surface area (Å²) >= 11 is 0. The number of aliphatic hydroxyl groups is 1. The molecular weight excluding hydrogens is 222 g/mol. The van der Waals surface area contributed by atoms with Gasteiger partial charge in [0.25, 0.3) is 0 Å². The molecular formula is C10H12F2O4. The zero-order valence-corrected chi connectivity index (χ0v) is 9.08. The summed E-state index contributed by atoms with van der Waals surface area (Å²) in [4.78, 5) is 0. The molecule has 1 aromatic carbocycles. The molecule has 0 aliphatic rings. The highest BCUT2D eigenvalue weighted by Crippen LogP contribution is 2.34. The standard InChI is InChI=1S/C10H12F2O4/c1-14-9-7(10(13,15-2)16-3)4-6(11)5-8(9)12/h4-5,13H,1-3H3. The van der Waals surface area contributed by atoms with Crippen LogP contribution < -0.4 is 4.74 Å². The third-order valence-electron chi connectivity index (χ3n) is 2.11. The second-order valence-electron chi connectivity index (χ2n) is 2.96. The average Bonchev–Trinajstić information content (AvgIpc) is 2.27. The maximum atomic E-state index is 13.3. The van der Waals surface area contributed by atoms with Gasteiger partial charge in [0.15, 0.2) is 11.6 Å². The third-order valence-corrected chi connectivity index (χ3v) is 2.11. The predicted molar refractivity (Wildman–Crippen MR) is 50.8 cm³/mol. The van der Waals surface area contributed by atoms with Crippen molar-refractivity contribution in [1.29, 1.82) is 0 Å². The van der Waals surface area contributed by atoms with Crippen LogP contribution in [0.5, 0.6) is 5.75 Å². The van der Waals surface area contributed by atoms with Gasteiger partial charge in [-0.25, -0.2) is 8.78 Å². The van der Waals surface area contributed by atoms with Crippen molar-refractivity contribution in [3.8, 4) is 5.75 Å². The summed E-state index contributed by atoms with van der Waals surface area (Å²) < 4.78 is 40.4. The van der Waals surface area contributed by atoms with Crippen LogP contribution in [0.4, 0.5) is 8.78 Å². The predicted octanol–water partition coefficient (Wildman–Crippen LogP) is 1.37. The van der Waals surface area contributed by atoms with Gasteiger partial charge in [0.2, 0.25) is 0 Å². The summed E-state index contributed by atoms with van der Waals surface area (Å²) in [5, 5.41) is 9.80. The van der Waals surface area contributed by atoms with E-state index in [1.807, 2.05) is 0 Å². The fourth-order valence-electron chi connectivity index (χ4n) is 1.31. The molecule has 0 spiro atoms. The van der Waals surface area contributed by atoms with Crippen molar-refractivity contribution in [2.45, 2.75) is 5.97 Å². The van der Waals surface area contributed by atoms with E-state index in [-0.39, 0.29) is 11.3 Å². The Morgan fingerprint density at radius 3 is 2.12 bits per heavy atom. The number of ether oxygens (including phenoxy) is 3. The molecule has 1 aromatic rings. The van der Waals surface area contributed by atoms with E-state index in [4.69, 9.17) is 4.74 Å². The van der Waals surface area contributed by atoms with E-state index < -0.39 is 17.6 Å². The first kappa shape index (κ1) is 12.8. The Bertz CT molecular complexity index is 377. The molecule has 4 nitrogen and oxygen atoms in total. The Balaban J connectivity index is 3.41. The van der Waals surface area contributed by atoms with Crippen molar-refractivity contribution in [2.75, 3.05) is 21.3 Å². The lowest BCUT2D eigenvalue weighted by Crippen LogP contribution is -2.31. The molecule has 90 valence electrons. The molecule has 6 heteroatoms. The molecule has 0 heterocycles. The van der Waals surface area contributed by atoms with E-state index in [1.165, 1.54) is 7.11 Å². The van der Waals surface area contributed by atoms with Crippen molar-refractivity contribution < 1.29 is 28.1 Å². The highest BCUT2D eigenvalue weighted by molar-refractivity contribution is 5.37. The van der Waals surface area contributed by atoms with E-state index in [9.17, 15) is 13.9 Å². The van der Waals surface area contributed by atoms with Crippen LogP contribution in [0.2, 0.25) is 0 Å². The van der Waals surface area contributed by atoms with Crippen LogP contribution in [0.3, 0.4) is 0 Å². The van der Waals surface area contributed by atoms with Crippen LogP contribution in [0.1, 0.15) is 5.56 Å². The lowest BCUT2D eigenvalue weighted by molar-refractivity contribution is -0.352. The highest BCUT2D eigenvalue weighted by Gasteiger charge is 2.34. The largest absolute Gasteiger partial charge is 0.493 e. The number of hydrogen-bond donors (Lipinski definition) is 1. The molecule has 0 bridgehead atoms. The SMILES string of the molecule is COc1c(F)cc(F)cc1C(O)(OC)OC. The lowest BCUT2D eigenvalue weighted by Gasteiger charge is -2.26. The molecule has 0 saturated carbocycles. The van der Waals surface area contributed by atoms with Gasteiger partial charge < -0.3 is 19.3 Å². The van der Waals surface area contributed by atoms with E-state index in [0.717, 1.165) is 20.3 Å². The molecule has 0 amide bonds. The van der Waals surface area contributed by atoms with Crippen molar-refractivity contribution in [3.05, 3.63) is 29.3 Å². The first-order valence-electron chi connectivity index (χ1n) is 4.34. The summed E-state index contributed by atoms with van der Waals surface area (Å²) in [7, 11) is 3.45. The first-order chi connectivity index (χ1) is 7.48. The first-order valence-corrected chi connectivity index (χ1v) is 4.34. The number of benzene rings is 1. The summed E-state index contributed by atoms with van der Waals surface area (Å²) in [5.74, 6) is -4.42. The van der Waals surface area contributed by atoms with Crippen molar-refractivity contribution in [2.24, 2.45) is 0 Å². The number of rotatable bonds is 4. The van der Waals surface area contributed by atoms with Crippen LogP contribution in [0.25, 0.3) is 0 Å². The monoisotopic (exact) mass is 234 g/mol. The molecule has 1 rings (SSSR count). The fraction of sp³-hybridized carbons (Fsp3) is 0.400. The minimum atomic E-state index is -2.26. The maximum Gasteiger partial charge on any atom is 0.312 e. The van der Waals surface area contributed by atoms with E-state index >= 15 is 0 Å². The quantitative estimate of drug-likeness (QED) is 0.799. The van der Waals surface area contributed by atoms with Crippen molar-refractivity contribution in [1.82, 2.24) is 0 Å². The van der Waals surface area contributed by atoms with E-state index in [1.54, 1.807) is 0 Å². The molecule has 0 fully saturated rings. The Kier molecular flexibility index (Phi) is 3.79. The van der Waals surface area contributed by atoms with Gasteiger partial charge in [-0.1, -0.05) is 0 Å². The molecule has 0 unspecified atom stereocenters. The van der Waals surface area contributed by atoms with Crippen LogP contribution in [0, 0.1) is 11.6 Å². The summed E-state index contributed by atoms with van der Waals surface area (Å²) in [6.45, 7) is 0. The molecule has 0 aliphatic heterocycles. The van der Waals surface area contributed by atoms with Gasteiger partial charge in [0.05, 0.1) is 12.7 Å². The fourth-order valence-corrected chi connectivity index (χ4v) is 1.31. The smallest absolute Gasteiger partial charge is 0.312 e. The van der Waals surface area contributed by atoms with Crippen molar-refractivity contribution in [3.63, 3.8) is 0 Å². The zero-order chi connectivity index (χ0) is 12.3. The normalized spacial score (nSPS) is 11.6. The van der Waals surface area contributed by atoms with E-state index in [0.29, 0.717) is 6.07 Å². The maximum absolute atomic E-state index is 13.3. The Labute approximate surface area is 91.4 Å². The highest BCUT2D eigenvalue weighted by atomic mass is 19.1. The van der Waals surface area contributed by atoms with Gasteiger partial charge in [-0.05, 0) is 6.07 Å². The number of methoxy groups -OCH3 is 3. The number of hydrogen-bond acceptors (Lipinski definition) is 4. The van der Waals surface area contributed by atoms with Crippen LogP contribution in [-0.4, -0.2) is 26.4 Å². The van der Waals surface area contributed by atoms with E-state index in [2.05, 4.69) is 9.47 Å². The summed E-state index contributed by atoms with van der Waals surface area (Å²) in [5.41, 5.74) is -0.280. The van der Waals surface area contributed by atoms with Crippen LogP contribution in [-0.2, 0) is 15.4 Å². The molecule has 0 aromatic heterocycles. The van der Waals surface area contributed by atoms with Gasteiger partial charge in [-0.3, -0.25) is 0 Å². The van der Waals surface area contributed by atoms with Crippen LogP contribution in [0.15, 0.2) is 12.1 Å². The molecule has 0 aliphatic carbocycles. The van der Waals surface area contributed by atoms with Gasteiger partial charge in [0.1, 0.15) is 5.82 Å². The lowest BCUT2D eigenvalue weighted by atomic mass is 10.1. The minimum Gasteiger partial charge on any atom is -0.493 e. The molecule has 0 atom stereocenters. The minimum absolute atomic E-state index is 0.280. The Morgan fingerprint density at radius 2 is 1.69 bits per heavy atom. The topological polar surface area (TPSA) is 47.9 Å². The molecule has 0 saturated heterocycles.